The molecule has 4 heterocycles. The number of hydrogen-bond acceptors (Lipinski definition) is 11. The third-order valence-corrected chi connectivity index (χ3v) is 9.56. The van der Waals surface area contributed by atoms with E-state index in [-0.39, 0.29) is 29.8 Å². The fraction of sp³-hybridized carbons (Fsp3) is 0.471. The van der Waals surface area contributed by atoms with Crippen molar-refractivity contribution in [2.75, 3.05) is 70.0 Å². The monoisotopic (exact) mass is 657 g/mol. The number of nitrogens with zero attached hydrogens (tertiary/aromatic N) is 7. The molecule has 2 aromatic heterocycles. The van der Waals surface area contributed by atoms with Gasteiger partial charge in [0, 0.05) is 75.3 Å². The van der Waals surface area contributed by atoms with Crippen LogP contribution in [0.3, 0.4) is 0 Å². The number of likely N-dealkylation sites (tertiary alicyclic amines) is 1. The molecule has 2 saturated heterocycles. The number of nitrogen functional groups attached to an aromatic ring is 1. The van der Waals surface area contributed by atoms with Crippen LogP contribution in [0.1, 0.15) is 43.1 Å². The number of aryl methyl sites for hydroxylation is 1. The molecule has 0 aliphatic carbocycles. The normalized spacial score (nSPS) is 16.1. The van der Waals surface area contributed by atoms with Crippen LogP contribution in [0.2, 0.25) is 0 Å². The molecule has 0 bridgehead atoms. The van der Waals surface area contributed by atoms with Gasteiger partial charge >= 0.3 is 0 Å². The number of hydrogen-bond donors (Lipinski definition) is 3. The third-order valence-electron chi connectivity index (χ3n) is 8.68. The lowest BCUT2D eigenvalue weighted by atomic mass is 9.96. The lowest BCUT2D eigenvalue weighted by Gasteiger charge is -2.38. The van der Waals surface area contributed by atoms with Crippen molar-refractivity contribution in [1.82, 2.24) is 29.7 Å². The van der Waals surface area contributed by atoms with Crippen molar-refractivity contribution in [1.29, 1.82) is 5.26 Å². The van der Waals surface area contributed by atoms with E-state index >= 15 is 0 Å². The van der Waals surface area contributed by atoms with E-state index in [1.165, 1.54) is 31.5 Å². The Morgan fingerprint density at radius 2 is 1.72 bits per heavy atom. The first-order chi connectivity index (χ1) is 22.8. The molecular formula is C34H43N9O3S. The predicted octanol–water partition coefficient (Wildman–Crippen LogP) is 3.02. The SMILES string of the molecule is CC(=O)Nc1ccc(-c2nc(SCc3cccc(CCC(=O)N4CCN(CC5CCN(CCO)CC5)CC4)n3)nc(N)c2C#N)cc1. The van der Waals surface area contributed by atoms with Crippen LogP contribution in [0.25, 0.3) is 11.3 Å². The van der Waals surface area contributed by atoms with Crippen molar-refractivity contribution in [2.45, 2.75) is 43.5 Å². The number of nitriles is 1. The summed E-state index contributed by atoms with van der Waals surface area (Å²) in [5, 5.41) is 22.0. The lowest BCUT2D eigenvalue weighted by Crippen LogP contribution is -2.50. The Balaban J connectivity index is 1.10. The molecule has 2 fully saturated rings. The van der Waals surface area contributed by atoms with Crippen molar-refractivity contribution < 1.29 is 14.7 Å². The number of pyridine rings is 1. The molecule has 1 aromatic carbocycles. The summed E-state index contributed by atoms with van der Waals surface area (Å²) in [7, 11) is 0. The number of aliphatic hydroxyl groups is 1. The lowest BCUT2D eigenvalue weighted by molar-refractivity contribution is -0.133. The van der Waals surface area contributed by atoms with Gasteiger partial charge in [0.2, 0.25) is 11.8 Å². The minimum atomic E-state index is -0.169. The van der Waals surface area contributed by atoms with Crippen LogP contribution >= 0.6 is 11.8 Å². The van der Waals surface area contributed by atoms with Gasteiger partial charge in [-0.1, -0.05) is 30.0 Å². The number of nitrogens with two attached hydrogens (primary N) is 1. The molecule has 2 amide bonds. The summed E-state index contributed by atoms with van der Waals surface area (Å²) >= 11 is 1.37. The summed E-state index contributed by atoms with van der Waals surface area (Å²) in [6.45, 7) is 9.03. The van der Waals surface area contributed by atoms with E-state index in [0.717, 1.165) is 63.7 Å². The summed E-state index contributed by atoms with van der Waals surface area (Å²) < 4.78 is 0. The van der Waals surface area contributed by atoms with Gasteiger partial charge in [0.05, 0.1) is 18.0 Å². The Bertz CT molecular complexity index is 1560. The van der Waals surface area contributed by atoms with Crippen LogP contribution in [-0.2, 0) is 21.8 Å². The molecule has 2 aliphatic heterocycles. The number of carbonyl (C=O) groups excluding carboxylic acids is 2. The Labute approximate surface area is 280 Å². The number of nitrogens with one attached hydrogen (secondary N) is 1. The molecule has 2 aliphatic rings. The summed E-state index contributed by atoms with van der Waals surface area (Å²) in [5.74, 6) is 1.30. The maximum absolute atomic E-state index is 13.0. The molecule has 5 rings (SSSR count). The Morgan fingerprint density at radius 3 is 2.40 bits per heavy atom. The first-order valence-electron chi connectivity index (χ1n) is 16.2. The molecule has 13 heteroatoms. The number of rotatable bonds is 12. The molecule has 4 N–H and O–H groups in total. The van der Waals surface area contributed by atoms with Crippen molar-refractivity contribution in [3.63, 3.8) is 0 Å². The molecule has 0 atom stereocenters. The smallest absolute Gasteiger partial charge is 0.223 e. The van der Waals surface area contributed by atoms with Gasteiger partial charge in [0.15, 0.2) is 5.16 Å². The van der Waals surface area contributed by atoms with E-state index < -0.39 is 0 Å². The number of anilines is 2. The minimum absolute atomic E-state index is 0.103. The second-order valence-corrected chi connectivity index (χ2v) is 13.0. The van der Waals surface area contributed by atoms with E-state index in [9.17, 15) is 14.9 Å². The number of aromatic nitrogens is 3. The highest BCUT2D eigenvalue weighted by atomic mass is 32.2. The zero-order chi connectivity index (χ0) is 33.2. The van der Waals surface area contributed by atoms with E-state index in [4.69, 9.17) is 15.8 Å². The molecule has 0 radical (unpaired) electrons. The van der Waals surface area contributed by atoms with Gasteiger partial charge in [-0.2, -0.15) is 5.26 Å². The van der Waals surface area contributed by atoms with Crippen molar-refractivity contribution in [2.24, 2.45) is 5.92 Å². The second-order valence-electron chi connectivity index (χ2n) is 12.1. The average molecular weight is 658 g/mol. The van der Waals surface area contributed by atoms with E-state index in [2.05, 4.69) is 31.2 Å². The fourth-order valence-corrected chi connectivity index (χ4v) is 6.87. The standard InChI is InChI=1S/C34H43N9O3S/c1-24(45)37-28-7-5-26(6-8-28)32-30(21-35)33(36)40-34(39-32)47-23-29-4-2-3-27(38-29)9-10-31(46)43-17-15-42(16-18-43)22-25-11-13-41(14-12-25)19-20-44/h2-8,25,44H,9-20,22-23H2,1H3,(H,37,45)(H2,36,39,40). The van der Waals surface area contributed by atoms with Gasteiger partial charge in [0.25, 0.3) is 0 Å². The van der Waals surface area contributed by atoms with Crippen molar-refractivity contribution in [3.8, 4) is 17.3 Å². The molecule has 3 aromatic rings. The first-order valence-corrected chi connectivity index (χ1v) is 17.2. The van der Waals surface area contributed by atoms with Gasteiger partial charge in [0.1, 0.15) is 17.5 Å². The Hall–Kier alpha value is -4.09. The third kappa shape index (κ3) is 9.71. The molecular weight excluding hydrogens is 615 g/mol. The molecule has 0 spiro atoms. The summed E-state index contributed by atoms with van der Waals surface area (Å²) in [4.78, 5) is 45.0. The molecule has 0 saturated carbocycles. The number of aliphatic hydroxyl groups excluding tert-OH is 1. The maximum atomic E-state index is 13.0. The van der Waals surface area contributed by atoms with E-state index in [0.29, 0.717) is 46.6 Å². The van der Waals surface area contributed by atoms with Crippen LogP contribution in [0.15, 0.2) is 47.6 Å². The first kappa shape index (κ1) is 34.3. The van der Waals surface area contributed by atoms with Crippen LogP contribution in [-0.4, -0.2) is 106 Å². The van der Waals surface area contributed by atoms with Gasteiger partial charge in [-0.25, -0.2) is 9.97 Å². The average Bonchev–Trinajstić information content (AvgIpc) is 3.07. The fourth-order valence-electron chi connectivity index (χ4n) is 6.11. The molecule has 248 valence electrons. The number of benzene rings is 1. The van der Waals surface area contributed by atoms with Gasteiger partial charge in [-0.15, -0.1) is 0 Å². The predicted molar refractivity (Wildman–Crippen MR) is 182 cm³/mol. The highest BCUT2D eigenvalue weighted by molar-refractivity contribution is 7.98. The second kappa shape index (κ2) is 16.6. The highest BCUT2D eigenvalue weighted by Gasteiger charge is 2.25. The maximum Gasteiger partial charge on any atom is 0.223 e. The zero-order valence-electron chi connectivity index (χ0n) is 26.9. The van der Waals surface area contributed by atoms with Gasteiger partial charge in [-0.05, 0) is 62.5 Å². The number of piperidine rings is 1. The quantitative estimate of drug-likeness (QED) is 0.194. The Kier molecular flexibility index (Phi) is 12.1. The number of piperazine rings is 1. The topological polar surface area (TPSA) is 165 Å². The summed E-state index contributed by atoms with van der Waals surface area (Å²) in [6, 6.07) is 15.0. The van der Waals surface area contributed by atoms with Crippen LogP contribution in [0.5, 0.6) is 0 Å². The number of thioether (sulfide) groups is 1. The highest BCUT2D eigenvalue weighted by Crippen LogP contribution is 2.29. The van der Waals surface area contributed by atoms with Gasteiger partial charge in [-0.3, -0.25) is 19.5 Å². The van der Waals surface area contributed by atoms with Crippen LogP contribution in [0.4, 0.5) is 11.5 Å². The largest absolute Gasteiger partial charge is 0.395 e. The minimum Gasteiger partial charge on any atom is -0.395 e. The number of amides is 2. The molecule has 12 nitrogen and oxygen atoms in total. The number of carbonyl (C=O) groups is 2. The van der Waals surface area contributed by atoms with Crippen LogP contribution in [0, 0.1) is 17.2 Å². The van der Waals surface area contributed by atoms with E-state index in [1.54, 1.807) is 24.3 Å². The number of β-amino-alcohol motifs (C(OH)–C–C–N with tert-alkyl or cyclic N) is 1. The van der Waals surface area contributed by atoms with Crippen molar-refractivity contribution >= 4 is 35.1 Å². The van der Waals surface area contributed by atoms with E-state index in [1.807, 2.05) is 23.1 Å². The molecule has 0 unspecified atom stereocenters. The summed E-state index contributed by atoms with van der Waals surface area (Å²) in [5.41, 5.74) is 9.80. The van der Waals surface area contributed by atoms with Gasteiger partial charge < -0.3 is 26.0 Å². The summed E-state index contributed by atoms with van der Waals surface area (Å²) in [6.07, 6.45) is 3.35. The molecule has 47 heavy (non-hydrogen) atoms. The van der Waals surface area contributed by atoms with Crippen molar-refractivity contribution in [3.05, 3.63) is 59.4 Å². The Morgan fingerprint density at radius 1 is 1.00 bits per heavy atom. The zero-order valence-corrected chi connectivity index (χ0v) is 27.7. The van der Waals surface area contributed by atoms with Crippen LogP contribution < -0.4 is 11.1 Å².